The van der Waals surface area contributed by atoms with E-state index in [1.54, 1.807) is 29.4 Å². The van der Waals surface area contributed by atoms with Crippen LogP contribution >= 0.6 is 0 Å². The standard InChI is InChI=1S/C22H19N5O2/c1-14-5-2-6-16(11-14)25-21-20-17(27(26-21)22-23-8-4-9-24-22)12-15(13-18(20)28)19-7-3-10-29-19/h2-11,15H,12-13H2,1H3,(H,25,26). The van der Waals surface area contributed by atoms with E-state index in [-0.39, 0.29) is 11.7 Å². The molecule has 0 spiro atoms. The summed E-state index contributed by atoms with van der Waals surface area (Å²) >= 11 is 0. The summed E-state index contributed by atoms with van der Waals surface area (Å²) < 4.78 is 7.24. The highest BCUT2D eigenvalue weighted by molar-refractivity contribution is 6.03. The van der Waals surface area contributed by atoms with Crippen molar-refractivity contribution >= 4 is 17.3 Å². The molecule has 29 heavy (non-hydrogen) atoms. The fourth-order valence-electron chi connectivity index (χ4n) is 3.80. The lowest BCUT2D eigenvalue weighted by atomic mass is 9.85. The summed E-state index contributed by atoms with van der Waals surface area (Å²) in [5, 5.41) is 7.99. The molecule has 0 radical (unpaired) electrons. The molecular formula is C22H19N5O2. The van der Waals surface area contributed by atoms with Gasteiger partial charge < -0.3 is 9.73 Å². The number of nitrogens with one attached hydrogen (secondary N) is 1. The Kier molecular flexibility index (Phi) is 4.20. The van der Waals surface area contributed by atoms with Crippen LogP contribution in [0.15, 0.2) is 65.5 Å². The van der Waals surface area contributed by atoms with E-state index in [2.05, 4.69) is 20.4 Å². The molecule has 0 bridgehead atoms. The topological polar surface area (TPSA) is 85.8 Å². The van der Waals surface area contributed by atoms with Crippen LogP contribution in [-0.4, -0.2) is 25.5 Å². The molecule has 1 aliphatic carbocycles. The van der Waals surface area contributed by atoms with Gasteiger partial charge in [-0.3, -0.25) is 4.79 Å². The van der Waals surface area contributed by atoms with Crippen molar-refractivity contribution in [1.29, 1.82) is 0 Å². The summed E-state index contributed by atoms with van der Waals surface area (Å²) in [5.41, 5.74) is 3.40. The number of benzene rings is 1. The minimum atomic E-state index is -0.0315. The summed E-state index contributed by atoms with van der Waals surface area (Å²) in [4.78, 5) is 21.8. The Hall–Kier alpha value is -3.74. The molecular weight excluding hydrogens is 366 g/mol. The zero-order chi connectivity index (χ0) is 19.8. The highest BCUT2D eigenvalue weighted by Crippen LogP contribution is 2.37. The summed E-state index contributed by atoms with van der Waals surface area (Å²) in [7, 11) is 0. The van der Waals surface area contributed by atoms with Gasteiger partial charge >= 0.3 is 0 Å². The molecule has 4 aromatic rings. The molecule has 0 saturated carbocycles. The largest absolute Gasteiger partial charge is 0.469 e. The summed E-state index contributed by atoms with van der Waals surface area (Å²) in [6.07, 6.45) is 5.97. The van der Waals surface area contributed by atoms with E-state index in [1.165, 1.54) is 0 Å². The highest BCUT2D eigenvalue weighted by Gasteiger charge is 2.35. The molecule has 1 aliphatic rings. The predicted octanol–water partition coefficient (Wildman–Crippen LogP) is 4.22. The van der Waals surface area contributed by atoms with Crippen LogP contribution in [0.5, 0.6) is 0 Å². The number of furan rings is 1. The average molecular weight is 385 g/mol. The van der Waals surface area contributed by atoms with E-state index in [0.717, 1.165) is 22.7 Å². The van der Waals surface area contributed by atoms with Gasteiger partial charge in [-0.1, -0.05) is 12.1 Å². The molecule has 1 atom stereocenters. The molecule has 1 aromatic carbocycles. The van der Waals surface area contributed by atoms with Crippen molar-refractivity contribution in [3.05, 3.63) is 83.7 Å². The molecule has 1 unspecified atom stereocenters. The maximum atomic E-state index is 13.1. The fourth-order valence-corrected chi connectivity index (χ4v) is 3.80. The van der Waals surface area contributed by atoms with E-state index < -0.39 is 0 Å². The van der Waals surface area contributed by atoms with Gasteiger partial charge in [-0.25, -0.2) is 14.6 Å². The third-order valence-corrected chi connectivity index (χ3v) is 5.10. The Morgan fingerprint density at radius 1 is 1.10 bits per heavy atom. The maximum Gasteiger partial charge on any atom is 0.250 e. The van der Waals surface area contributed by atoms with Gasteiger partial charge in [0.05, 0.1) is 17.5 Å². The normalized spacial score (nSPS) is 15.9. The second-order valence-electron chi connectivity index (χ2n) is 7.17. The zero-order valence-electron chi connectivity index (χ0n) is 15.9. The number of carbonyl (C=O) groups excluding carboxylic acids is 1. The van der Waals surface area contributed by atoms with Gasteiger partial charge in [-0.15, -0.1) is 5.10 Å². The quantitative estimate of drug-likeness (QED) is 0.566. The lowest BCUT2D eigenvalue weighted by Gasteiger charge is -2.20. The van der Waals surface area contributed by atoms with Crippen molar-refractivity contribution in [3.8, 4) is 5.95 Å². The van der Waals surface area contributed by atoms with Crippen LogP contribution in [0.3, 0.4) is 0 Å². The molecule has 3 aromatic heterocycles. The zero-order valence-corrected chi connectivity index (χ0v) is 15.9. The molecule has 0 amide bonds. The van der Waals surface area contributed by atoms with Gasteiger partial charge in [0.15, 0.2) is 11.6 Å². The Bertz CT molecular complexity index is 1170. The number of rotatable bonds is 4. The van der Waals surface area contributed by atoms with Crippen molar-refractivity contribution in [2.75, 3.05) is 5.32 Å². The second kappa shape index (κ2) is 7.01. The summed E-state index contributed by atoms with van der Waals surface area (Å²) in [6, 6.07) is 13.5. The molecule has 3 heterocycles. The number of aromatic nitrogens is 4. The lowest BCUT2D eigenvalue weighted by molar-refractivity contribution is 0.0960. The molecule has 144 valence electrons. The predicted molar refractivity (Wildman–Crippen MR) is 108 cm³/mol. The maximum absolute atomic E-state index is 13.1. The molecule has 0 fully saturated rings. The number of nitrogens with zero attached hydrogens (tertiary/aromatic N) is 4. The number of ketones is 1. The van der Waals surface area contributed by atoms with Gasteiger partial charge in [-0.05, 0) is 42.8 Å². The van der Waals surface area contributed by atoms with Crippen LogP contribution in [0.4, 0.5) is 11.5 Å². The smallest absolute Gasteiger partial charge is 0.250 e. The average Bonchev–Trinajstić information content (AvgIpc) is 3.37. The first-order valence-corrected chi connectivity index (χ1v) is 9.48. The van der Waals surface area contributed by atoms with Crippen molar-refractivity contribution in [3.63, 3.8) is 0 Å². The first kappa shape index (κ1) is 17.4. The Morgan fingerprint density at radius 3 is 2.72 bits per heavy atom. The number of fused-ring (bicyclic) bond motifs is 1. The Labute approximate surface area is 167 Å². The van der Waals surface area contributed by atoms with Crippen molar-refractivity contribution in [1.82, 2.24) is 19.7 Å². The number of Topliss-reactive ketones (excluding diaryl/α,β-unsaturated/α-hetero) is 1. The first-order valence-electron chi connectivity index (χ1n) is 9.48. The van der Waals surface area contributed by atoms with Crippen LogP contribution in [0.25, 0.3) is 5.95 Å². The number of aryl methyl sites for hydroxylation is 1. The van der Waals surface area contributed by atoms with Gasteiger partial charge in [-0.2, -0.15) is 0 Å². The van der Waals surface area contributed by atoms with E-state index in [4.69, 9.17) is 4.42 Å². The first-order chi connectivity index (χ1) is 14.2. The van der Waals surface area contributed by atoms with Gasteiger partial charge in [0, 0.05) is 36.8 Å². The van der Waals surface area contributed by atoms with Crippen LogP contribution < -0.4 is 5.32 Å². The minimum Gasteiger partial charge on any atom is -0.469 e. The van der Waals surface area contributed by atoms with E-state index in [1.807, 2.05) is 43.3 Å². The van der Waals surface area contributed by atoms with Crippen LogP contribution in [0.2, 0.25) is 0 Å². The molecule has 5 rings (SSSR count). The highest BCUT2D eigenvalue weighted by atomic mass is 16.3. The molecule has 0 saturated heterocycles. The second-order valence-corrected chi connectivity index (χ2v) is 7.17. The van der Waals surface area contributed by atoms with Crippen molar-refractivity contribution < 1.29 is 9.21 Å². The van der Waals surface area contributed by atoms with Gasteiger partial charge in [0.2, 0.25) is 0 Å². The molecule has 1 N–H and O–H groups in total. The monoisotopic (exact) mass is 385 g/mol. The number of anilines is 2. The molecule has 7 heteroatoms. The molecule has 7 nitrogen and oxygen atoms in total. The van der Waals surface area contributed by atoms with Crippen molar-refractivity contribution in [2.45, 2.75) is 25.7 Å². The Balaban J connectivity index is 1.62. The Morgan fingerprint density at radius 2 is 1.97 bits per heavy atom. The number of hydrogen-bond acceptors (Lipinski definition) is 6. The van der Waals surface area contributed by atoms with Crippen molar-refractivity contribution in [2.24, 2.45) is 0 Å². The number of hydrogen-bond donors (Lipinski definition) is 1. The van der Waals surface area contributed by atoms with E-state index in [0.29, 0.717) is 30.2 Å². The summed E-state index contributed by atoms with van der Waals surface area (Å²) in [6.45, 7) is 2.02. The van der Waals surface area contributed by atoms with Gasteiger partial charge in [0.25, 0.3) is 5.95 Å². The fraction of sp³-hybridized carbons (Fsp3) is 0.182. The van der Waals surface area contributed by atoms with Crippen LogP contribution in [0.1, 0.15) is 39.7 Å². The van der Waals surface area contributed by atoms with Crippen LogP contribution in [-0.2, 0) is 6.42 Å². The number of carbonyl (C=O) groups is 1. The van der Waals surface area contributed by atoms with Crippen LogP contribution in [0, 0.1) is 6.92 Å². The third-order valence-electron chi connectivity index (χ3n) is 5.10. The minimum absolute atomic E-state index is 0.0315. The SMILES string of the molecule is Cc1cccc(Nc2nn(-c3ncccn3)c3c2C(=O)CC(c2ccco2)C3)c1. The van der Waals surface area contributed by atoms with E-state index >= 15 is 0 Å². The van der Waals surface area contributed by atoms with Gasteiger partial charge in [0.1, 0.15) is 5.76 Å². The molecule has 0 aliphatic heterocycles. The summed E-state index contributed by atoms with van der Waals surface area (Å²) in [5.74, 6) is 1.77. The third kappa shape index (κ3) is 3.20. The lowest BCUT2D eigenvalue weighted by Crippen LogP contribution is -2.21. The van der Waals surface area contributed by atoms with E-state index in [9.17, 15) is 4.79 Å².